The molecule has 0 aliphatic rings. The second-order valence-corrected chi connectivity index (χ2v) is 5.83. The first-order valence-electron chi connectivity index (χ1n) is 7.58. The van der Waals surface area contributed by atoms with Gasteiger partial charge in [-0.25, -0.2) is 0 Å². The largest absolute Gasteiger partial charge is 0.495 e. The van der Waals surface area contributed by atoms with Crippen molar-refractivity contribution in [1.29, 1.82) is 0 Å². The van der Waals surface area contributed by atoms with Gasteiger partial charge in [-0.3, -0.25) is 4.79 Å². The van der Waals surface area contributed by atoms with Crippen LogP contribution in [0.15, 0.2) is 46.9 Å². The van der Waals surface area contributed by atoms with E-state index in [1.165, 1.54) is 7.11 Å². The van der Waals surface area contributed by atoms with Crippen molar-refractivity contribution in [1.82, 2.24) is 10.2 Å². The van der Waals surface area contributed by atoms with Crippen molar-refractivity contribution in [2.45, 2.75) is 13.3 Å². The van der Waals surface area contributed by atoms with Gasteiger partial charge in [0.25, 0.3) is 0 Å². The molecule has 0 aliphatic carbocycles. The van der Waals surface area contributed by atoms with Crippen molar-refractivity contribution < 1.29 is 13.9 Å². The van der Waals surface area contributed by atoms with Crippen LogP contribution in [0.25, 0.3) is 0 Å². The summed E-state index contributed by atoms with van der Waals surface area (Å²) < 4.78 is 10.7. The van der Waals surface area contributed by atoms with Gasteiger partial charge in [-0.1, -0.05) is 41.9 Å². The minimum absolute atomic E-state index is 0.111. The molecule has 3 aromatic rings. The zero-order chi connectivity index (χ0) is 17.8. The molecule has 0 fully saturated rings. The molecule has 128 valence electrons. The van der Waals surface area contributed by atoms with E-state index in [-0.39, 0.29) is 5.89 Å². The molecule has 1 amide bonds. The molecule has 1 N–H and O–H groups in total. The Bertz CT molecular complexity index is 894. The lowest BCUT2D eigenvalue weighted by molar-refractivity contribution is 0.0988. The lowest BCUT2D eigenvalue weighted by Gasteiger charge is -2.11. The van der Waals surface area contributed by atoms with E-state index in [0.717, 1.165) is 11.1 Å². The number of hydrogen-bond donors (Lipinski definition) is 1. The van der Waals surface area contributed by atoms with Gasteiger partial charge in [-0.15, -0.1) is 10.2 Å². The summed E-state index contributed by atoms with van der Waals surface area (Å²) in [5, 5.41) is 11.0. The van der Waals surface area contributed by atoms with Crippen LogP contribution in [0.1, 0.15) is 27.7 Å². The highest BCUT2D eigenvalue weighted by molar-refractivity contribution is 6.31. The predicted octanol–water partition coefficient (Wildman–Crippen LogP) is 3.88. The number of ether oxygens (including phenoxy) is 1. The summed E-state index contributed by atoms with van der Waals surface area (Å²) in [7, 11) is 1.50. The Morgan fingerprint density at radius 1 is 1.24 bits per heavy atom. The fourth-order valence-electron chi connectivity index (χ4n) is 2.29. The SMILES string of the molecule is COc1cc(Cl)c(C)cc1NC(=O)c1nnc(Cc2ccccc2)o1. The molecule has 0 spiro atoms. The van der Waals surface area contributed by atoms with Crippen molar-refractivity contribution in [3.8, 4) is 5.75 Å². The summed E-state index contributed by atoms with van der Waals surface area (Å²) >= 11 is 6.06. The maximum absolute atomic E-state index is 12.3. The lowest BCUT2D eigenvalue weighted by atomic mass is 10.2. The second kappa shape index (κ2) is 7.36. The molecule has 2 aromatic carbocycles. The molecule has 1 aromatic heterocycles. The number of anilines is 1. The smallest absolute Gasteiger partial charge is 0.313 e. The second-order valence-electron chi connectivity index (χ2n) is 5.42. The van der Waals surface area contributed by atoms with Crippen LogP contribution in [-0.2, 0) is 6.42 Å². The Hall–Kier alpha value is -2.86. The number of carbonyl (C=O) groups is 1. The van der Waals surface area contributed by atoms with Crippen LogP contribution in [-0.4, -0.2) is 23.2 Å². The number of halogens is 1. The number of amides is 1. The molecular weight excluding hydrogens is 342 g/mol. The average molecular weight is 358 g/mol. The highest BCUT2D eigenvalue weighted by Crippen LogP contribution is 2.31. The van der Waals surface area contributed by atoms with Gasteiger partial charge in [0.1, 0.15) is 5.75 Å². The maximum Gasteiger partial charge on any atom is 0.313 e. The summed E-state index contributed by atoms with van der Waals surface area (Å²) in [5.41, 5.74) is 2.32. The molecule has 7 heteroatoms. The first-order chi connectivity index (χ1) is 12.1. The first-order valence-corrected chi connectivity index (χ1v) is 7.96. The van der Waals surface area contributed by atoms with E-state index < -0.39 is 5.91 Å². The van der Waals surface area contributed by atoms with E-state index >= 15 is 0 Å². The Labute approximate surface area is 149 Å². The molecule has 1 heterocycles. The number of aryl methyl sites for hydroxylation is 1. The van der Waals surface area contributed by atoms with E-state index in [4.69, 9.17) is 20.8 Å². The molecule has 0 saturated carbocycles. The molecule has 6 nitrogen and oxygen atoms in total. The quantitative estimate of drug-likeness (QED) is 0.749. The maximum atomic E-state index is 12.3. The Morgan fingerprint density at radius 3 is 2.72 bits per heavy atom. The normalized spacial score (nSPS) is 10.5. The standard InChI is InChI=1S/C18H16ClN3O3/c1-11-8-14(15(24-2)10-13(11)19)20-17(23)18-22-21-16(25-18)9-12-6-4-3-5-7-12/h3-8,10H,9H2,1-2H3,(H,20,23). The van der Waals surface area contributed by atoms with Crippen molar-refractivity contribution in [2.75, 3.05) is 12.4 Å². The van der Waals surface area contributed by atoms with Gasteiger partial charge in [-0.05, 0) is 24.1 Å². The van der Waals surface area contributed by atoms with Gasteiger partial charge >= 0.3 is 11.8 Å². The monoisotopic (exact) mass is 357 g/mol. The number of hydrogen-bond acceptors (Lipinski definition) is 5. The Balaban J connectivity index is 1.75. The van der Waals surface area contributed by atoms with Crippen LogP contribution in [0.3, 0.4) is 0 Å². The summed E-state index contributed by atoms with van der Waals surface area (Å²) in [6, 6.07) is 13.0. The molecule has 0 unspecified atom stereocenters. The number of nitrogens with one attached hydrogen (secondary N) is 1. The highest BCUT2D eigenvalue weighted by atomic mass is 35.5. The molecule has 0 radical (unpaired) electrons. The zero-order valence-electron chi connectivity index (χ0n) is 13.7. The van der Waals surface area contributed by atoms with Crippen LogP contribution in [0, 0.1) is 6.92 Å². The molecule has 0 bridgehead atoms. The van der Waals surface area contributed by atoms with Crippen LogP contribution in [0.2, 0.25) is 5.02 Å². The van der Waals surface area contributed by atoms with Gasteiger partial charge < -0.3 is 14.5 Å². The van der Waals surface area contributed by atoms with Crippen molar-refractivity contribution in [3.05, 3.63) is 70.4 Å². The highest BCUT2D eigenvalue weighted by Gasteiger charge is 2.18. The van der Waals surface area contributed by atoms with E-state index in [0.29, 0.717) is 28.8 Å². The minimum Gasteiger partial charge on any atom is -0.495 e. The van der Waals surface area contributed by atoms with E-state index in [2.05, 4.69) is 15.5 Å². The molecule has 3 rings (SSSR count). The van der Waals surface area contributed by atoms with Gasteiger partial charge in [0.2, 0.25) is 5.89 Å². The summed E-state index contributed by atoms with van der Waals surface area (Å²) in [4.78, 5) is 12.3. The fourth-order valence-corrected chi connectivity index (χ4v) is 2.45. The van der Waals surface area contributed by atoms with Gasteiger partial charge in [-0.2, -0.15) is 0 Å². The van der Waals surface area contributed by atoms with Gasteiger partial charge in [0.15, 0.2) is 0 Å². The van der Waals surface area contributed by atoms with E-state index in [1.54, 1.807) is 12.1 Å². The Kier molecular flexibility index (Phi) is 5.00. The topological polar surface area (TPSA) is 77.2 Å². The zero-order valence-corrected chi connectivity index (χ0v) is 14.5. The van der Waals surface area contributed by atoms with E-state index in [9.17, 15) is 4.79 Å². The van der Waals surface area contributed by atoms with Gasteiger partial charge in [0.05, 0.1) is 19.2 Å². The number of rotatable bonds is 5. The molecule has 0 atom stereocenters. The molecular formula is C18H16ClN3O3. The first kappa shape index (κ1) is 17.0. The summed E-state index contributed by atoms with van der Waals surface area (Å²) in [6.07, 6.45) is 0.463. The molecule has 0 aliphatic heterocycles. The number of carbonyl (C=O) groups excluding carboxylic acids is 1. The van der Waals surface area contributed by atoms with Crippen molar-refractivity contribution >= 4 is 23.2 Å². The van der Waals surface area contributed by atoms with Crippen LogP contribution < -0.4 is 10.1 Å². The van der Waals surface area contributed by atoms with Crippen molar-refractivity contribution in [2.24, 2.45) is 0 Å². The van der Waals surface area contributed by atoms with Crippen LogP contribution in [0.4, 0.5) is 5.69 Å². The van der Waals surface area contributed by atoms with Crippen molar-refractivity contribution in [3.63, 3.8) is 0 Å². The van der Waals surface area contributed by atoms with E-state index in [1.807, 2.05) is 37.3 Å². The molecule has 0 saturated heterocycles. The lowest BCUT2D eigenvalue weighted by Crippen LogP contribution is -2.13. The third-order valence-corrected chi connectivity index (χ3v) is 4.00. The van der Waals surface area contributed by atoms with Crippen LogP contribution in [0.5, 0.6) is 5.75 Å². The number of benzene rings is 2. The fraction of sp³-hybridized carbons (Fsp3) is 0.167. The van der Waals surface area contributed by atoms with Gasteiger partial charge in [0, 0.05) is 11.1 Å². The third kappa shape index (κ3) is 3.97. The molecule has 25 heavy (non-hydrogen) atoms. The number of nitrogens with zero attached hydrogens (tertiary/aromatic N) is 2. The summed E-state index contributed by atoms with van der Waals surface area (Å²) in [6.45, 7) is 1.84. The number of methoxy groups -OCH3 is 1. The van der Waals surface area contributed by atoms with Crippen LogP contribution >= 0.6 is 11.6 Å². The predicted molar refractivity (Wildman–Crippen MR) is 94.2 cm³/mol. The summed E-state index contributed by atoms with van der Waals surface area (Å²) in [5.74, 6) is 0.205. The Morgan fingerprint density at radius 2 is 2.00 bits per heavy atom. The number of aromatic nitrogens is 2. The third-order valence-electron chi connectivity index (χ3n) is 3.59. The minimum atomic E-state index is -0.508. The average Bonchev–Trinajstić information content (AvgIpc) is 3.07.